The highest BCUT2D eigenvalue weighted by molar-refractivity contribution is 6.03. The van der Waals surface area contributed by atoms with Crippen molar-refractivity contribution >= 4 is 34.0 Å². The van der Waals surface area contributed by atoms with Gasteiger partial charge in [0.25, 0.3) is 5.91 Å². The third-order valence-electron chi connectivity index (χ3n) is 3.87. The van der Waals surface area contributed by atoms with E-state index in [1.165, 1.54) is 0 Å². The van der Waals surface area contributed by atoms with E-state index < -0.39 is 0 Å². The third kappa shape index (κ3) is 3.95. The second-order valence-electron chi connectivity index (χ2n) is 5.59. The van der Waals surface area contributed by atoms with E-state index in [2.05, 4.69) is 16.0 Å². The van der Waals surface area contributed by atoms with Gasteiger partial charge in [0.2, 0.25) is 5.91 Å². The van der Waals surface area contributed by atoms with Crippen molar-refractivity contribution in [2.45, 2.75) is 0 Å². The number of benzene rings is 3. The molecule has 0 aliphatic rings. The van der Waals surface area contributed by atoms with Gasteiger partial charge in [0.15, 0.2) is 0 Å². The summed E-state index contributed by atoms with van der Waals surface area (Å²) in [6.07, 6.45) is 0. The summed E-state index contributed by atoms with van der Waals surface area (Å²) in [5, 5.41) is 10.6. The first-order chi connectivity index (χ1) is 12.2. The minimum absolute atomic E-state index is 0.112. The summed E-state index contributed by atoms with van der Waals surface area (Å²) >= 11 is 0. The predicted octanol–water partition coefficient (Wildman–Crippen LogP) is 3.25. The van der Waals surface area contributed by atoms with Crippen LogP contribution in [0.15, 0.2) is 66.7 Å². The van der Waals surface area contributed by atoms with Crippen molar-refractivity contribution < 1.29 is 9.59 Å². The molecule has 3 aromatic carbocycles. The first kappa shape index (κ1) is 16.5. The van der Waals surface area contributed by atoms with Crippen LogP contribution < -0.4 is 16.0 Å². The quantitative estimate of drug-likeness (QED) is 0.671. The highest BCUT2D eigenvalue weighted by atomic mass is 16.2. The van der Waals surface area contributed by atoms with Crippen molar-refractivity contribution in [3.63, 3.8) is 0 Å². The van der Waals surface area contributed by atoms with Crippen LogP contribution in [0.2, 0.25) is 0 Å². The molecule has 126 valence electrons. The van der Waals surface area contributed by atoms with Crippen molar-refractivity contribution in [1.29, 1.82) is 0 Å². The molecule has 0 aromatic heterocycles. The second-order valence-corrected chi connectivity index (χ2v) is 5.59. The molecule has 3 N–H and O–H groups in total. The first-order valence-electron chi connectivity index (χ1n) is 8.01. The molecule has 0 aliphatic heterocycles. The smallest absolute Gasteiger partial charge is 0.251 e. The third-order valence-corrected chi connectivity index (χ3v) is 3.87. The van der Waals surface area contributed by atoms with Crippen molar-refractivity contribution in [1.82, 2.24) is 5.32 Å². The highest BCUT2D eigenvalue weighted by Gasteiger charge is 2.07. The van der Waals surface area contributed by atoms with Gasteiger partial charge in [-0.2, -0.15) is 0 Å². The Morgan fingerprint density at radius 2 is 1.68 bits per heavy atom. The lowest BCUT2D eigenvalue weighted by Gasteiger charge is -2.11. The fourth-order valence-corrected chi connectivity index (χ4v) is 2.63. The monoisotopic (exact) mass is 333 g/mol. The number of amides is 2. The number of carbonyl (C=O) groups excluding carboxylic acids is 2. The normalized spacial score (nSPS) is 10.3. The lowest BCUT2D eigenvalue weighted by Crippen LogP contribution is -2.22. The van der Waals surface area contributed by atoms with Crippen molar-refractivity contribution in [3.05, 3.63) is 72.3 Å². The molecule has 0 unspecified atom stereocenters. The lowest BCUT2D eigenvalue weighted by molar-refractivity contribution is -0.114. The summed E-state index contributed by atoms with van der Waals surface area (Å²) in [4.78, 5) is 23.9. The summed E-state index contributed by atoms with van der Waals surface area (Å²) in [7, 11) is 1.58. The van der Waals surface area contributed by atoms with Gasteiger partial charge in [-0.05, 0) is 29.7 Å². The van der Waals surface area contributed by atoms with Crippen LogP contribution >= 0.6 is 0 Å². The van der Waals surface area contributed by atoms with E-state index >= 15 is 0 Å². The zero-order valence-corrected chi connectivity index (χ0v) is 13.9. The van der Waals surface area contributed by atoms with Gasteiger partial charge in [0.1, 0.15) is 0 Å². The maximum atomic E-state index is 12.3. The summed E-state index contributed by atoms with van der Waals surface area (Å²) < 4.78 is 0. The van der Waals surface area contributed by atoms with E-state index in [9.17, 15) is 9.59 Å². The minimum Gasteiger partial charge on any atom is -0.376 e. The highest BCUT2D eigenvalue weighted by Crippen LogP contribution is 2.22. The molecule has 0 fully saturated rings. The molecule has 3 aromatic rings. The van der Waals surface area contributed by atoms with Crippen LogP contribution in [0, 0.1) is 0 Å². The van der Waals surface area contributed by atoms with E-state index in [0.717, 1.165) is 16.5 Å². The van der Waals surface area contributed by atoms with E-state index in [0.29, 0.717) is 11.3 Å². The van der Waals surface area contributed by atoms with Gasteiger partial charge in [0, 0.05) is 29.4 Å². The summed E-state index contributed by atoms with van der Waals surface area (Å²) in [5.74, 6) is -0.314. The molecule has 0 atom stereocenters. The Balaban J connectivity index is 1.66. The molecule has 3 rings (SSSR count). The topological polar surface area (TPSA) is 70.2 Å². The van der Waals surface area contributed by atoms with Gasteiger partial charge in [-0.3, -0.25) is 9.59 Å². The van der Waals surface area contributed by atoms with Gasteiger partial charge in [-0.25, -0.2) is 0 Å². The lowest BCUT2D eigenvalue weighted by atomic mass is 10.1. The fraction of sp³-hybridized carbons (Fsp3) is 0.100. The maximum Gasteiger partial charge on any atom is 0.251 e. The van der Waals surface area contributed by atoms with E-state index in [1.807, 2.05) is 48.5 Å². The molecule has 5 heteroatoms. The Bertz CT molecular complexity index is 916. The summed E-state index contributed by atoms with van der Waals surface area (Å²) in [6.45, 7) is 0.112. The zero-order valence-electron chi connectivity index (χ0n) is 13.9. The van der Waals surface area contributed by atoms with Crippen LogP contribution in [0.25, 0.3) is 10.8 Å². The molecule has 2 amide bonds. The number of nitrogens with one attached hydrogen (secondary N) is 3. The number of hydrogen-bond donors (Lipinski definition) is 3. The number of anilines is 2. The zero-order chi connectivity index (χ0) is 17.6. The number of rotatable bonds is 5. The largest absolute Gasteiger partial charge is 0.376 e. The van der Waals surface area contributed by atoms with Gasteiger partial charge in [0.05, 0.1) is 6.54 Å². The number of carbonyl (C=O) groups is 2. The summed E-state index contributed by atoms with van der Waals surface area (Å²) in [6, 6.07) is 20.7. The Morgan fingerprint density at radius 1 is 0.920 bits per heavy atom. The molecular formula is C20H19N3O2. The van der Waals surface area contributed by atoms with Crippen molar-refractivity contribution in [2.75, 3.05) is 24.2 Å². The van der Waals surface area contributed by atoms with E-state index in [-0.39, 0.29) is 18.4 Å². The molecule has 5 nitrogen and oxygen atoms in total. The Hall–Kier alpha value is -3.34. The SMILES string of the molecule is CNC(=O)c1cccc(NCC(=O)Nc2cccc3ccccc23)c1. The first-order valence-corrected chi connectivity index (χ1v) is 8.01. The van der Waals surface area contributed by atoms with Crippen molar-refractivity contribution in [3.8, 4) is 0 Å². The molecule has 0 saturated carbocycles. The van der Waals surface area contributed by atoms with Gasteiger partial charge >= 0.3 is 0 Å². The molecule has 0 saturated heterocycles. The molecule has 25 heavy (non-hydrogen) atoms. The molecule has 0 aliphatic carbocycles. The second kappa shape index (κ2) is 7.49. The predicted molar refractivity (Wildman–Crippen MR) is 101 cm³/mol. The van der Waals surface area contributed by atoms with Gasteiger partial charge < -0.3 is 16.0 Å². The fourth-order valence-electron chi connectivity index (χ4n) is 2.63. The number of fused-ring (bicyclic) bond motifs is 1. The summed E-state index contributed by atoms with van der Waals surface area (Å²) in [5.41, 5.74) is 2.04. The average molecular weight is 333 g/mol. The van der Waals surface area contributed by atoms with Crippen LogP contribution in [0.3, 0.4) is 0 Å². The van der Waals surface area contributed by atoms with Crippen LogP contribution in [-0.2, 0) is 4.79 Å². The maximum absolute atomic E-state index is 12.3. The van der Waals surface area contributed by atoms with Crippen LogP contribution in [0.5, 0.6) is 0 Å². The Kier molecular flexibility index (Phi) is 4.95. The molecular weight excluding hydrogens is 314 g/mol. The number of hydrogen-bond acceptors (Lipinski definition) is 3. The van der Waals surface area contributed by atoms with Crippen LogP contribution in [0.1, 0.15) is 10.4 Å². The van der Waals surface area contributed by atoms with E-state index in [4.69, 9.17) is 0 Å². The molecule has 0 spiro atoms. The van der Waals surface area contributed by atoms with E-state index in [1.54, 1.807) is 25.2 Å². The standard InChI is InChI=1S/C20H19N3O2/c1-21-20(25)15-8-4-9-16(12-15)22-13-19(24)23-18-11-5-7-14-6-2-3-10-17(14)18/h2-12,22H,13H2,1H3,(H,21,25)(H,23,24). The van der Waals surface area contributed by atoms with Gasteiger partial charge in [-0.1, -0.05) is 42.5 Å². The molecule has 0 bridgehead atoms. The average Bonchev–Trinajstić information content (AvgIpc) is 2.66. The Labute approximate surface area is 146 Å². The molecule has 0 heterocycles. The van der Waals surface area contributed by atoms with Gasteiger partial charge in [-0.15, -0.1) is 0 Å². The Morgan fingerprint density at radius 3 is 2.52 bits per heavy atom. The van der Waals surface area contributed by atoms with Crippen LogP contribution in [-0.4, -0.2) is 25.4 Å². The van der Waals surface area contributed by atoms with Crippen LogP contribution in [0.4, 0.5) is 11.4 Å². The van der Waals surface area contributed by atoms with Crippen molar-refractivity contribution in [2.24, 2.45) is 0 Å². The minimum atomic E-state index is -0.163. The molecule has 0 radical (unpaired) electrons.